The summed E-state index contributed by atoms with van der Waals surface area (Å²) in [5.74, 6) is 1.61. The molecule has 2 aliphatic rings. The van der Waals surface area contributed by atoms with Crippen molar-refractivity contribution < 1.29 is 4.74 Å². The van der Waals surface area contributed by atoms with Gasteiger partial charge >= 0.3 is 0 Å². The minimum atomic E-state index is 0. The van der Waals surface area contributed by atoms with Crippen molar-refractivity contribution in [2.75, 3.05) is 59.5 Å². The van der Waals surface area contributed by atoms with Gasteiger partial charge in [-0.2, -0.15) is 0 Å². The summed E-state index contributed by atoms with van der Waals surface area (Å²) in [5, 5.41) is 9.32. The standard InChI is InChI=1S/C21H37N5OS.HI/c1-17(2)26-8-4-6-18(16-26)14-23-21(22-3)24-15-19(20-7-5-13-28-20)25-9-11-27-12-10-25;/h5,7,13,17-19H,4,6,8-12,14-16H2,1-3H3,(H2,22,23,24);1H. The number of likely N-dealkylation sites (tertiary alicyclic amines) is 1. The molecule has 166 valence electrons. The normalized spacial score (nSPS) is 22.9. The fourth-order valence-electron chi connectivity index (χ4n) is 4.17. The first-order valence-electron chi connectivity index (χ1n) is 10.7. The molecular weight excluding hydrogens is 497 g/mol. The maximum Gasteiger partial charge on any atom is 0.191 e. The summed E-state index contributed by atoms with van der Waals surface area (Å²) in [6.07, 6.45) is 2.60. The second kappa shape index (κ2) is 13.1. The molecule has 0 aromatic carbocycles. The molecule has 2 saturated heterocycles. The molecular formula is C21H38IN5OS. The van der Waals surface area contributed by atoms with Crippen LogP contribution in [0.4, 0.5) is 0 Å². The third kappa shape index (κ3) is 7.65. The van der Waals surface area contributed by atoms with Crippen molar-refractivity contribution in [3.63, 3.8) is 0 Å². The van der Waals surface area contributed by atoms with E-state index in [4.69, 9.17) is 4.74 Å². The number of morpholine rings is 1. The van der Waals surface area contributed by atoms with Crippen molar-refractivity contribution in [3.05, 3.63) is 22.4 Å². The quantitative estimate of drug-likeness (QED) is 0.320. The Morgan fingerprint density at radius 1 is 1.24 bits per heavy atom. The zero-order valence-corrected chi connectivity index (χ0v) is 21.2. The Labute approximate surface area is 197 Å². The molecule has 1 aromatic heterocycles. The van der Waals surface area contributed by atoms with Gasteiger partial charge in [-0.05, 0) is 50.6 Å². The summed E-state index contributed by atoms with van der Waals surface area (Å²) in [5.41, 5.74) is 0. The third-order valence-corrected chi connectivity index (χ3v) is 6.86. The summed E-state index contributed by atoms with van der Waals surface area (Å²) in [6.45, 7) is 12.5. The Hall–Kier alpha value is -0.420. The van der Waals surface area contributed by atoms with Gasteiger partial charge in [-0.1, -0.05) is 6.07 Å². The monoisotopic (exact) mass is 535 g/mol. The Morgan fingerprint density at radius 2 is 2.03 bits per heavy atom. The Bertz CT molecular complexity index is 592. The summed E-state index contributed by atoms with van der Waals surface area (Å²) >= 11 is 1.83. The maximum atomic E-state index is 5.55. The van der Waals surface area contributed by atoms with Crippen molar-refractivity contribution in [1.82, 2.24) is 20.4 Å². The van der Waals surface area contributed by atoms with Gasteiger partial charge in [0.25, 0.3) is 0 Å². The van der Waals surface area contributed by atoms with Gasteiger partial charge in [0, 0.05) is 50.7 Å². The number of thiophene rings is 1. The van der Waals surface area contributed by atoms with Crippen molar-refractivity contribution in [3.8, 4) is 0 Å². The van der Waals surface area contributed by atoms with E-state index in [1.165, 1.54) is 30.8 Å². The highest BCUT2D eigenvalue weighted by molar-refractivity contribution is 14.0. The molecule has 0 spiro atoms. The Morgan fingerprint density at radius 3 is 2.69 bits per heavy atom. The highest BCUT2D eigenvalue weighted by atomic mass is 127. The first-order valence-corrected chi connectivity index (χ1v) is 11.6. The van der Waals surface area contributed by atoms with Gasteiger partial charge in [-0.15, -0.1) is 35.3 Å². The number of nitrogens with zero attached hydrogens (tertiary/aromatic N) is 3. The van der Waals surface area contributed by atoms with Crippen molar-refractivity contribution in [2.24, 2.45) is 10.9 Å². The molecule has 2 atom stereocenters. The minimum absolute atomic E-state index is 0. The van der Waals surface area contributed by atoms with E-state index in [9.17, 15) is 0 Å². The van der Waals surface area contributed by atoms with Crippen LogP contribution in [0.5, 0.6) is 0 Å². The SMILES string of the molecule is CN=C(NCC1CCCN(C(C)C)C1)NCC(c1cccs1)N1CCOCC1.I. The molecule has 0 aliphatic carbocycles. The summed E-state index contributed by atoms with van der Waals surface area (Å²) < 4.78 is 5.55. The fourth-order valence-corrected chi connectivity index (χ4v) is 5.03. The van der Waals surface area contributed by atoms with Crippen LogP contribution >= 0.6 is 35.3 Å². The van der Waals surface area contributed by atoms with Gasteiger partial charge < -0.3 is 20.3 Å². The molecule has 29 heavy (non-hydrogen) atoms. The highest BCUT2D eigenvalue weighted by Crippen LogP contribution is 2.25. The Balaban J connectivity index is 0.00000300. The van der Waals surface area contributed by atoms with Crippen molar-refractivity contribution >= 4 is 41.3 Å². The van der Waals surface area contributed by atoms with E-state index in [2.05, 4.69) is 56.8 Å². The molecule has 2 N–H and O–H groups in total. The summed E-state index contributed by atoms with van der Waals surface area (Å²) in [4.78, 5) is 11.0. The van der Waals surface area contributed by atoms with E-state index in [0.717, 1.165) is 45.4 Å². The molecule has 0 bridgehead atoms. The third-order valence-electron chi connectivity index (χ3n) is 5.88. The van der Waals surface area contributed by atoms with Crippen LogP contribution in [-0.4, -0.2) is 81.3 Å². The molecule has 0 amide bonds. The van der Waals surface area contributed by atoms with E-state index < -0.39 is 0 Å². The molecule has 2 fully saturated rings. The predicted molar refractivity (Wildman–Crippen MR) is 134 cm³/mol. The van der Waals surface area contributed by atoms with Gasteiger partial charge in [-0.3, -0.25) is 9.89 Å². The van der Waals surface area contributed by atoms with Crippen molar-refractivity contribution in [1.29, 1.82) is 0 Å². The van der Waals surface area contributed by atoms with Gasteiger partial charge in [0.1, 0.15) is 0 Å². The molecule has 6 nitrogen and oxygen atoms in total. The van der Waals surface area contributed by atoms with Crippen LogP contribution in [0.15, 0.2) is 22.5 Å². The van der Waals surface area contributed by atoms with Crippen LogP contribution in [0.3, 0.4) is 0 Å². The van der Waals surface area contributed by atoms with Crippen LogP contribution in [0.2, 0.25) is 0 Å². The number of ether oxygens (including phenoxy) is 1. The average Bonchev–Trinajstić information content (AvgIpc) is 3.26. The van der Waals surface area contributed by atoms with Crippen LogP contribution in [0.1, 0.15) is 37.6 Å². The predicted octanol–water partition coefficient (Wildman–Crippen LogP) is 3.02. The fraction of sp³-hybridized carbons (Fsp3) is 0.762. The van der Waals surface area contributed by atoms with Crippen LogP contribution < -0.4 is 10.6 Å². The lowest BCUT2D eigenvalue weighted by Crippen LogP contribution is -2.48. The highest BCUT2D eigenvalue weighted by Gasteiger charge is 2.24. The van der Waals surface area contributed by atoms with Crippen LogP contribution in [-0.2, 0) is 4.74 Å². The van der Waals surface area contributed by atoms with E-state index in [-0.39, 0.29) is 24.0 Å². The lowest BCUT2D eigenvalue weighted by molar-refractivity contribution is 0.0177. The van der Waals surface area contributed by atoms with E-state index in [1.807, 2.05) is 18.4 Å². The molecule has 2 unspecified atom stereocenters. The lowest BCUT2D eigenvalue weighted by atomic mass is 9.97. The second-order valence-electron chi connectivity index (χ2n) is 8.11. The zero-order valence-electron chi connectivity index (χ0n) is 18.1. The first-order chi connectivity index (χ1) is 13.7. The first kappa shape index (κ1) is 24.8. The van der Waals surface area contributed by atoms with E-state index in [0.29, 0.717) is 18.0 Å². The second-order valence-corrected chi connectivity index (χ2v) is 9.09. The topological polar surface area (TPSA) is 52.1 Å². The molecule has 2 aliphatic heterocycles. The molecule has 8 heteroatoms. The largest absolute Gasteiger partial charge is 0.379 e. The minimum Gasteiger partial charge on any atom is -0.379 e. The van der Waals surface area contributed by atoms with Crippen molar-refractivity contribution in [2.45, 2.75) is 38.8 Å². The van der Waals surface area contributed by atoms with Crippen LogP contribution in [0.25, 0.3) is 0 Å². The number of guanidine groups is 1. The molecule has 0 radical (unpaired) electrons. The average molecular weight is 536 g/mol. The van der Waals surface area contributed by atoms with Gasteiger partial charge in [0.2, 0.25) is 0 Å². The summed E-state index contributed by atoms with van der Waals surface area (Å²) in [6, 6.07) is 5.39. The molecule has 3 rings (SSSR count). The number of hydrogen-bond acceptors (Lipinski definition) is 5. The Kier molecular flexibility index (Phi) is 11.2. The van der Waals surface area contributed by atoms with Gasteiger partial charge in [-0.25, -0.2) is 0 Å². The number of rotatable bonds is 7. The number of aliphatic imine (C=N–C) groups is 1. The summed E-state index contributed by atoms with van der Waals surface area (Å²) in [7, 11) is 1.87. The molecule has 3 heterocycles. The van der Waals surface area contributed by atoms with E-state index >= 15 is 0 Å². The molecule has 0 saturated carbocycles. The molecule has 1 aromatic rings. The van der Waals surface area contributed by atoms with E-state index in [1.54, 1.807) is 0 Å². The number of halogens is 1. The number of nitrogens with one attached hydrogen (secondary N) is 2. The van der Waals surface area contributed by atoms with Crippen LogP contribution in [0, 0.1) is 5.92 Å². The lowest BCUT2D eigenvalue weighted by Gasteiger charge is -2.36. The smallest absolute Gasteiger partial charge is 0.191 e. The van der Waals surface area contributed by atoms with Gasteiger partial charge in [0.05, 0.1) is 19.3 Å². The number of hydrogen-bond donors (Lipinski definition) is 2. The zero-order chi connectivity index (χ0) is 19.8. The number of piperidine rings is 1. The van der Waals surface area contributed by atoms with Gasteiger partial charge in [0.15, 0.2) is 5.96 Å². The maximum absolute atomic E-state index is 5.55.